The van der Waals surface area contributed by atoms with E-state index in [1.807, 2.05) is 12.1 Å². The summed E-state index contributed by atoms with van der Waals surface area (Å²) in [5.41, 5.74) is 4.70. The van der Waals surface area contributed by atoms with Crippen LogP contribution in [0.4, 0.5) is 0 Å². The Morgan fingerprint density at radius 1 is 1.25 bits per heavy atom. The van der Waals surface area contributed by atoms with Crippen molar-refractivity contribution in [2.75, 3.05) is 7.11 Å². The normalized spacial score (nSPS) is 10.4. The molecule has 0 radical (unpaired) electrons. The number of methoxy groups -OCH3 is 1. The molecule has 2 aromatic rings. The topological polar surface area (TPSA) is 25.0 Å². The lowest BCUT2D eigenvalue weighted by Gasteiger charge is -2.10. The first kappa shape index (κ1) is 11.4. The van der Waals surface area contributed by atoms with E-state index >= 15 is 0 Å². The van der Waals surface area contributed by atoms with Gasteiger partial charge in [-0.15, -0.1) is 11.3 Å². The van der Waals surface area contributed by atoms with Crippen molar-refractivity contribution in [1.29, 1.82) is 0 Å². The van der Waals surface area contributed by atoms with Gasteiger partial charge in [-0.1, -0.05) is 0 Å². The molecule has 2 rings (SSSR count). The standard InChI is InChI=1S/C12H13NOS2/c1-7-4-9(14-3)5-8(2)11(7)10-6-16-12(15)13-10/h4-6H,1-3H3,(H,13,15). The molecule has 0 aliphatic carbocycles. The Morgan fingerprint density at radius 2 is 1.88 bits per heavy atom. The Hall–Kier alpha value is -1.13. The van der Waals surface area contributed by atoms with Crippen molar-refractivity contribution in [1.82, 2.24) is 4.98 Å². The summed E-state index contributed by atoms with van der Waals surface area (Å²) in [5, 5.41) is 2.06. The number of hydrogen-bond donors (Lipinski definition) is 1. The number of nitrogens with one attached hydrogen (secondary N) is 1. The number of rotatable bonds is 2. The van der Waals surface area contributed by atoms with E-state index in [-0.39, 0.29) is 0 Å². The van der Waals surface area contributed by atoms with E-state index in [0.717, 1.165) is 15.4 Å². The van der Waals surface area contributed by atoms with Crippen LogP contribution >= 0.6 is 23.6 Å². The monoisotopic (exact) mass is 251 g/mol. The summed E-state index contributed by atoms with van der Waals surface area (Å²) in [7, 11) is 1.69. The highest BCUT2D eigenvalue weighted by Crippen LogP contribution is 2.30. The molecule has 0 fully saturated rings. The lowest BCUT2D eigenvalue weighted by Crippen LogP contribution is -1.91. The van der Waals surface area contributed by atoms with Gasteiger partial charge in [0.25, 0.3) is 0 Å². The van der Waals surface area contributed by atoms with Gasteiger partial charge in [-0.3, -0.25) is 0 Å². The van der Waals surface area contributed by atoms with Gasteiger partial charge in [0.15, 0.2) is 3.95 Å². The van der Waals surface area contributed by atoms with Crippen molar-refractivity contribution < 1.29 is 4.74 Å². The SMILES string of the molecule is COc1cc(C)c(-c2csc(=S)[nH]2)c(C)c1. The molecule has 0 aliphatic rings. The number of thiazole rings is 1. The van der Waals surface area contributed by atoms with Crippen molar-refractivity contribution in [2.24, 2.45) is 0 Å². The number of benzene rings is 1. The van der Waals surface area contributed by atoms with Crippen LogP contribution in [0.5, 0.6) is 5.75 Å². The molecule has 0 saturated heterocycles. The van der Waals surface area contributed by atoms with Crippen molar-refractivity contribution >= 4 is 23.6 Å². The molecule has 1 aromatic carbocycles. The second-order valence-electron chi connectivity index (χ2n) is 3.70. The van der Waals surface area contributed by atoms with Gasteiger partial charge in [0.05, 0.1) is 12.8 Å². The molecule has 0 saturated carbocycles. The van der Waals surface area contributed by atoms with Gasteiger partial charge in [-0.05, 0) is 49.3 Å². The average Bonchev–Trinajstić information content (AvgIpc) is 2.63. The Labute approximate surface area is 104 Å². The summed E-state index contributed by atoms with van der Waals surface area (Å²) < 4.78 is 6.05. The van der Waals surface area contributed by atoms with Gasteiger partial charge < -0.3 is 9.72 Å². The fraction of sp³-hybridized carbons (Fsp3) is 0.250. The van der Waals surface area contributed by atoms with Crippen molar-refractivity contribution in [3.63, 3.8) is 0 Å². The fourth-order valence-electron chi connectivity index (χ4n) is 1.87. The molecule has 0 spiro atoms. The van der Waals surface area contributed by atoms with Gasteiger partial charge in [0, 0.05) is 10.9 Å². The maximum atomic E-state index is 5.24. The minimum atomic E-state index is 0.810. The zero-order valence-corrected chi connectivity index (χ0v) is 11.1. The first-order chi connectivity index (χ1) is 7.61. The maximum Gasteiger partial charge on any atom is 0.158 e. The number of hydrogen-bond acceptors (Lipinski definition) is 3. The first-order valence-corrected chi connectivity index (χ1v) is 6.24. The molecule has 4 heteroatoms. The molecule has 0 bridgehead atoms. The van der Waals surface area contributed by atoms with Crippen LogP contribution in [0.2, 0.25) is 0 Å². The predicted octanol–water partition coefficient (Wildman–Crippen LogP) is 4.10. The van der Waals surface area contributed by atoms with E-state index < -0.39 is 0 Å². The number of aromatic amines is 1. The van der Waals surface area contributed by atoms with Crippen LogP contribution in [0.3, 0.4) is 0 Å². The number of aryl methyl sites for hydroxylation is 2. The third-order valence-corrected chi connectivity index (χ3v) is 3.59. The first-order valence-electron chi connectivity index (χ1n) is 4.95. The zero-order valence-electron chi connectivity index (χ0n) is 9.46. The number of ether oxygens (including phenoxy) is 1. The maximum absolute atomic E-state index is 5.24. The van der Waals surface area contributed by atoms with Gasteiger partial charge in [0.1, 0.15) is 5.75 Å². The molecule has 0 amide bonds. The quantitative estimate of drug-likeness (QED) is 0.813. The van der Waals surface area contributed by atoms with Crippen LogP contribution in [0.25, 0.3) is 11.3 Å². The van der Waals surface area contributed by atoms with Crippen LogP contribution in [0, 0.1) is 17.8 Å². The third-order valence-electron chi connectivity index (χ3n) is 2.53. The third kappa shape index (κ3) is 2.03. The summed E-state index contributed by atoms with van der Waals surface area (Å²) >= 11 is 6.66. The summed E-state index contributed by atoms with van der Waals surface area (Å²) in [5.74, 6) is 0.896. The average molecular weight is 251 g/mol. The van der Waals surface area contributed by atoms with Gasteiger partial charge in [-0.2, -0.15) is 0 Å². The Kier molecular flexibility index (Phi) is 3.12. The minimum Gasteiger partial charge on any atom is -0.497 e. The summed E-state index contributed by atoms with van der Waals surface area (Å²) in [6.45, 7) is 4.17. The molecular formula is C12H13NOS2. The number of H-pyrrole nitrogens is 1. The second-order valence-corrected chi connectivity index (χ2v) is 5.24. The molecule has 0 unspecified atom stereocenters. The molecule has 1 heterocycles. The van der Waals surface area contributed by atoms with Crippen molar-refractivity contribution in [3.05, 3.63) is 32.6 Å². The van der Waals surface area contributed by atoms with Crippen LogP contribution in [-0.2, 0) is 0 Å². The van der Waals surface area contributed by atoms with E-state index in [9.17, 15) is 0 Å². The molecule has 84 valence electrons. The lowest BCUT2D eigenvalue weighted by atomic mass is 10.0. The second kappa shape index (κ2) is 4.39. The highest BCUT2D eigenvalue weighted by Gasteiger charge is 2.09. The van der Waals surface area contributed by atoms with E-state index in [4.69, 9.17) is 17.0 Å². The molecule has 0 atom stereocenters. The zero-order chi connectivity index (χ0) is 11.7. The van der Waals surface area contributed by atoms with Crippen LogP contribution in [-0.4, -0.2) is 12.1 Å². The Morgan fingerprint density at radius 3 is 2.31 bits per heavy atom. The van der Waals surface area contributed by atoms with Crippen LogP contribution < -0.4 is 4.74 Å². The molecule has 0 aliphatic heterocycles. The summed E-state index contributed by atoms with van der Waals surface area (Å²) in [6.07, 6.45) is 0. The van der Waals surface area contributed by atoms with Crippen LogP contribution in [0.15, 0.2) is 17.5 Å². The van der Waals surface area contributed by atoms with Crippen LogP contribution in [0.1, 0.15) is 11.1 Å². The molecule has 16 heavy (non-hydrogen) atoms. The van der Waals surface area contributed by atoms with E-state index in [0.29, 0.717) is 0 Å². The highest BCUT2D eigenvalue weighted by atomic mass is 32.1. The van der Waals surface area contributed by atoms with E-state index in [1.54, 1.807) is 18.4 Å². The summed E-state index contributed by atoms with van der Waals surface area (Å²) in [4.78, 5) is 3.20. The summed E-state index contributed by atoms with van der Waals surface area (Å²) in [6, 6.07) is 4.08. The largest absolute Gasteiger partial charge is 0.497 e. The molecule has 1 aromatic heterocycles. The molecule has 1 N–H and O–H groups in total. The number of aromatic nitrogens is 1. The Balaban J connectivity index is 2.61. The van der Waals surface area contributed by atoms with E-state index in [2.05, 4.69) is 24.2 Å². The van der Waals surface area contributed by atoms with E-state index in [1.165, 1.54) is 16.7 Å². The minimum absolute atomic E-state index is 0.810. The van der Waals surface area contributed by atoms with Crippen molar-refractivity contribution in [2.45, 2.75) is 13.8 Å². The van der Waals surface area contributed by atoms with Gasteiger partial charge in [-0.25, -0.2) is 0 Å². The van der Waals surface area contributed by atoms with Gasteiger partial charge in [0.2, 0.25) is 0 Å². The lowest BCUT2D eigenvalue weighted by molar-refractivity contribution is 0.414. The molecule has 2 nitrogen and oxygen atoms in total. The van der Waals surface area contributed by atoms with Crippen molar-refractivity contribution in [3.8, 4) is 17.0 Å². The Bertz CT molecular complexity index is 545. The van der Waals surface area contributed by atoms with Gasteiger partial charge >= 0.3 is 0 Å². The fourth-order valence-corrected chi connectivity index (χ4v) is 2.69. The predicted molar refractivity (Wildman–Crippen MR) is 71.0 cm³/mol. The smallest absolute Gasteiger partial charge is 0.158 e. The molecular weight excluding hydrogens is 238 g/mol. The highest BCUT2D eigenvalue weighted by molar-refractivity contribution is 7.73.